The molecule has 1 rings (SSSR count). The summed E-state index contributed by atoms with van der Waals surface area (Å²) in [4.78, 5) is 0.671. The molecule has 1 fully saturated rings. The van der Waals surface area contributed by atoms with Crippen LogP contribution in [-0.4, -0.2) is 4.99 Å². The molecule has 0 aromatic carbocycles. The first kappa shape index (κ1) is 7.00. The van der Waals surface area contributed by atoms with Gasteiger partial charge in [-0.05, 0) is 18.8 Å². The summed E-state index contributed by atoms with van der Waals surface area (Å²) in [5.74, 6) is 0.773. The number of hydrogen-bond donors (Lipinski definition) is 1. The van der Waals surface area contributed by atoms with E-state index >= 15 is 0 Å². The van der Waals surface area contributed by atoms with Crippen molar-refractivity contribution in [3.05, 3.63) is 0 Å². The van der Waals surface area contributed by atoms with Crippen LogP contribution in [0.25, 0.3) is 0 Å². The van der Waals surface area contributed by atoms with Gasteiger partial charge in [-0.3, -0.25) is 0 Å². The molecule has 0 heterocycles. The topological polar surface area (TPSA) is 26.0 Å². The first-order valence-corrected chi connectivity index (χ1v) is 3.76. The summed E-state index contributed by atoms with van der Waals surface area (Å²) in [7, 11) is 0. The molecule has 0 radical (unpaired) electrons. The predicted molar refractivity (Wildman–Crippen MR) is 43.3 cm³/mol. The first-order valence-electron chi connectivity index (χ1n) is 3.35. The monoisotopic (exact) mass is 143 g/mol. The highest BCUT2D eigenvalue weighted by Crippen LogP contribution is 2.45. The van der Waals surface area contributed by atoms with E-state index in [1.54, 1.807) is 0 Å². The first-order chi connectivity index (χ1) is 4.05. The lowest BCUT2D eigenvalue weighted by molar-refractivity contribution is 0.452. The molecule has 1 aliphatic carbocycles. The Kier molecular flexibility index (Phi) is 1.51. The maximum absolute atomic E-state index is 5.54. The van der Waals surface area contributed by atoms with Crippen LogP contribution in [0.4, 0.5) is 0 Å². The van der Waals surface area contributed by atoms with Crippen molar-refractivity contribution in [2.24, 2.45) is 17.1 Å². The Morgan fingerprint density at radius 1 is 1.56 bits per heavy atom. The van der Waals surface area contributed by atoms with Crippen LogP contribution in [0.1, 0.15) is 26.7 Å². The summed E-state index contributed by atoms with van der Waals surface area (Å²) >= 11 is 4.93. The zero-order valence-corrected chi connectivity index (χ0v) is 6.79. The molecule has 2 N–H and O–H groups in total. The zero-order chi connectivity index (χ0) is 7.07. The third-order valence-electron chi connectivity index (χ3n) is 2.23. The molecule has 1 saturated carbocycles. The quantitative estimate of drug-likeness (QED) is 0.595. The summed E-state index contributed by atoms with van der Waals surface area (Å²) < 4.78 is 0. The molecule has 0 bridgehead atoms. The summed E-state index contributed by atoms with van der Waals surface area (Å²) in [6.45, 7) is 4.26. The molecule has 9 heavy (non-hydrogen) atoms. The van der Waals surface area contributed by atoms with Gasteiger partial charge in [-0.15, -0.1) is 0 Å². The molecular formula is C7H13NS. The third kappa shape index (κ3) is 1.23. The van der Waals surface area contributed by atoms with Crippen molar-refractivity contribution in [1.82, 2.24) is 0 Å². The van der Waals surface area contributed by atoms with Gasteiger partial charge < -0.3 is 5.73 Å². The molecule has 0 saturated heterocycles. The maximum atomic E-state index is 5.54. The molecule has 0 atom stereocenters. The fourth-order valence-electron chi connectivity index (χ4n) is 1.01. The van der Waals surface area contributed by atoms with Crippen molar-refractivity contribution in [3.8, 4) is 0 Å². The minimum absolute atomic E-state index is 0.120. The molecule has 0 aromatic heterocycles. The lowest BCUT2D eigenvalue weighted by Crippen LogP contribution is -2.31. The second-order valence-corrected chi connectivity index (χ2v) is 3.80. The average molecular weight is 143 g/mol. The molecule has 52 valence electrons. The van der Waals surface area contributed by atoms with Crippen LogP contribution in [-0.2, 0) is 0 Å². The van der Waals surface area contributed by atoms with E-state index in [-0.39, 0.29) is 5.41 Å². The Bertz CT molecular complexity index is 136. The predicted octanol–water partition coefficient (Wildman–Crippen LogP) is 1.71. The van der Waals surface area contributed by atoms with Gasteiger partial charge in [0.25, 0.3) is 0 Å². The van der Waals surface area contributed by atoms with Gasteiger partial charge in [-0.25, -0.2) is 0 Å². The summed E-state index contributed by atoms with van der Waals surface area (Å²) in [6, 6.07) is 0. The molecule has 0 aliphatic heterocycles. The molecule has 0 amide bonds. The molecule has 1 nitrogen and oxygen atoms in total. The number of nitrogens with two attached hydrogens (primary N) is 1. The van der Waals surface area contributed by atoms with Crippen LogP contribution in [0.3, 0.4) is 0 Å². The van der Waals surface area contributed by atoms with E-state index in [2.05, 4.69) is 13.8 Å². The highest BCUT2D eigenvalue weighted by atomic mass is 32.1. The molecule has 0 aromatic rings. The van der Waals surface area contributed by atoms with E-state index in [1.807, 2.05) is 0 Å². The minimum Gasteiger partial charge on any atom is -0.393 e. The van der Waals surface area contributed by atoms with Crippen molar-refractivity contribution in [2.75, 3.05) is 0 Å². The van der Waals surface area contributed by atoms with Crippen LogP contribution in [0.5, 0.6) is 0 Å². The van der Waals surface area contributed by atoms with Gasteiger partial charge in [0.1, 0.15) is 0 Å². The van der Waals surface area contributed by atoms with Gasteiger partial charge >= 0.3 is 0 Å². The Balaban J connectivity index is 2.59. The standard InChI is InChI=1S/C7H13NS/c1-7(2,6(8)9)5-3-4-5/h5H,3-4H2,1-2H3,(H2,8,9). The SMILES string of the molecule is CC(C)(C(N)=S)C1CC1. The van der Waals surface area contributed by atoms with E-state index < -0.39 is 0 Å². The van der Waals surface area contributed by atoms with Gasteiger partial charge in [0.2, 0.25) is 0 Å². The van der Waals surface area contributed by atoms with E-state index in [9.17, 15) is 0 Å². The Labute approximate surface area is 61.6 Å². The van der Waals surface area contributed by atoms with E-state index in [0.29, 0.717) is 4.99 Å². The molecule has 2 heteroatoms. The van der Waals surface area contributed by atoms with Crippen molar-refractivity contribution >= 4 is 17.2 Å². The van der Waals surface area contributed by atoms with Gasteiger partial charge in [0, 0.05) is 5.41 Å². The van der Waals surface area contributed by atoms with Gasteiger partial charge in [-0.1, -0.05) is 26.1 Å². The maximum Gasteiger partial charge on any atom is 0.0787 e. The van der Waals surface area contributed by atoms with Gasteiger partial charge in [-0.2, -0.15) is 0 Å². The van der Waals surface area contributed by atoms with Gasteiger partial charge in [0.15, 0.2) is 0 Å². The second-order valence-electron chi connectivity index (χ2n) is 3.36. The largest absolute Gasteiger partial charge is 0.393 e. The summed E-state index contributed by atoms with van der Waals surface area (Å²) in [5, 5.41) is 0. The van der Waals surface area contributed by atoms with Crippen LogP contribution in [0, 0.1) is 11.3 Å². The fraction of sp³-hybridized carbons (Fsp3) is 0.857. The highest BCUT2D eigenvalue weighted by Gasteiger charge is 2.39. The normalized spacial score (nSPS) is 19.8. The molecule has 0 unspecified atom stereocenters. The fourth-order valence-corrected chi connectivity index (χ4v) is 1.17. The Morgan fingerprint density at radius 2 is 2.00 bits per heavy atom. The average Bonchev–Trinajstić information content (AvgIpc) is 2.42. The number of thiocarbonyl (C=S) groups is 1. The highest BCUT2D eigenvalue weighted by molar-refractivity contribution is 7.80. The van der Waals surface area contributed by atoms with Crippen LogP contribution < -0.4 is 5.73 Å². The van der Waals surface area contributed by atoms with Crippen molar-refractivity contribution < 1.29 is 0 Å². The van der Waals surface area contributed by atoms with Crippen LogP contribution in [0.15, 0.2) is 0 Å². The molecule has 1 aliphatic rings. The van der Waals surface area contributed by atoms with Crippen molar-refractivity contribution in [3.63, 3.8) is 0 Å². The number of rotatable bonds is 2. The summed E-state index contributed by atoms with van der Waals surface area (Å²) in [6.07, 6.45) is 2.62. The van der Waals surface area contributed by atoms with Crippen molar-refractivity contribution in [2.45, 2.75) is 26.7 Å². The minimum atomic E-state index is 0.120. The zero-order valence-electron chi connectivity index (χ0n) is 5.98. The Morgan fingerprint density at radius 3 is 2.11 bits per heavy atom. The van der Waals surface area contributed by atoms with Crippen LogP contribution >= 0.6 is 12.2 Å². The summed E-state index contributed by atoms with van der Waals surface area (Å²) in [5.41, 5.74) is 5.66. The van der Waals surface area contributed by atoms with E-state index in [0.717, 1.165) is 5.92 Å². The van der Waals surface area contributed by atoms with Crippen LogP contribution in [0.2, 0.25) is 0 Å². The molecular weight excluding hydrogens is 130 g/mol. The van der Waals surface area contributed by atoms with Gasteiger partial charge in [0.05, 0.1) is 4.99 Å². The van der Waals surface area contributed by atoms with Crippen molar-refractivity contribution in [1.29, 1.82) is 0 Å². The van der Waals surface area contributed by atoms with E-state index in [1.165, 1.54) is 12.8 Å². The second kappa shape index (κ2) is 1.94. The third-order valence-corrected chi connectivity index (χ3v) is 2.76. The lowest BCUT2D eigenvalue weighted by atomic mass is 9.88. The smallest absolute Gasteiger partial charge is 0.0787 e. The lowest BCUT2D eigenvalue weighted by Gasteiger charge is -2.21. The molecule has 0 spiro atoms. The Hall–Kier alpha value is -0.110. The van der Waals surface area contributed by atoms with E-state index in [4.69, 9.17) is 18.0 Å². The number of hydrogen-bond acceptors (Lipinski definition) is 1.